The Kier molecular flexibility index (Phi) is 8.02. The summed E-state index contributed by atoms with van der Waals surface area (Å²) in [6, 6.07) is 15.8. The molecule has 2 aromatic carbocycles. The maximum absolute atomic E-state index is 12.0. The molecule has 4 aromatic rings. The Bertz CT molecular complexity index is 1470. The third-order valence-corrected chi connectivity index (χ3v) is 6.43. The van der Waals surface area contributed by atoms with E-state index in [4.69, 9.17) is 24.3 Å². The molecule has 1 aliphatic rings. The van der Waals surface area contributed by atoms with Crippen molar-refractivity contribution in [2.75, 3.05) is 6.61 Å². The van der Waals surface area contributed by atoms with E-state index in [0.717, 1.165) is 59.3 Å². The van der Waals surface area contributed by atoms with Crippen LogP contribution in [-0.4, -0.2) is 44.2 Å². The van der Waals surface area contributed by atoms with Crippen LogP contribution in [0.1, 0.15) is 65.7 Å². The van der Waals surface area contributed by atoms with E-state index in [0.29, 0.717) is 18.1 Å². The highest BCUT2D eigenvalue weighted by molar-refractivity contribution is 5.93. The van der Waals surface area contributed by atoms with E-state index in [1.54, 1.807) is 6.20 Å². The summed E-state index contributed by atoms with van der Waals surface area (Å²) in [4.78, 5) is 21.5. The van der Waals surface area contributed by atoms with Gasteiger partial charge in [0, 0.05) is 30.3 Å². The van der Waals surface area contributed by atoms with Crippen LogP contribution >= 0.6 is 0 Å². The molecule has 2 aromatic heterocycles. The van der Waals surface area contributed by atoms with Gasteiger partial charge in [-0.15, -0.1) is 0 Å². The molecule has 5 rings (SSSR count). The van der Waals surface area contributed by atoms with Gasteiger partial charge in [0.2, 0.25) is 0 Å². The molecule has 0 bridgehead atoms. The summed E-state index contributed by atoms with van der Waals surface area (Å²) in [5.41, 5.74) is 3.80. The molecule has 3 heterocycles. The van der Waals surface area contributed by atoms with Gasteiger partial charge in [-0.3, -0.25) is 0 Å². The maximum Gasteiger partial charge on any atom is 0.407 e. The third-order valence-electron chi connectivity index (χ3n) is 6.43. The van der Waals surface area contributed by atoms with E-state index < -0.39 is 11.7 Å². The van der Waals surface area contributed by atoms with E-state index in [1.165, 1.54) is 0 Å². The molecule has 1 atom stereocenters. The second kappa shape index (κ2) is 11.6. The number of carbonyl (C=O) groups excluding carboxylic acids is 1. The zero-order chi connectivity index (χ0) is 28.3. The zero-order valence-corrected chi connectivity index (χ0v) is 23.8. The van der Waals surface area contributed by atoms with Gasteiger partial charge >= 0.3 is 6.09 Å². The molecule has 1 aliphatic heterocycles. The summed E-state index contributed by atoms with van der Waals surface area (Å²) in [6.45, 7) is 10.6. The minimum atomic E-state index is -0.535. The van der Waals surface area contributed by atoms with Crippen LogP contribution in [0.4, 0.5) is 4.79 Å². The fraction of sp³-hybridized carbons (Fsp3) is 0.419. The Labute approximate surface area is 234 Å². The van der Waals surface area contributed by atoms with Crippen molar-refractivity contribution in [3.05, 3.63) is 60.3 Å². The van der Waals surface area contributed by atoms with E-state index in [9.17, 15) is 4.79 Å². The van der Waals surface area contributed by atoms with Crippen molar-refractivity contribution >= 4 is 17.0 Å². The molecule has 40 heavy (non-hydrogen) atoms. The van der Waals surface area contributed by atoms with E-state index in [1.807, 2.05) is 87.8 Å². The van der Waals surface area contributed by atoms with Crippen molar-refractivity contribution in [1.29, 1.82) is 0 Å². The van der Waals surface area contributed by atoms with Gasteiger partial charge in [0.1, 0.15) is 17.0 Å². The van der Waals surface area contributed by atoms with Crippen LogP contribution in [-0.2, 0) is 16.0 Å². The fourth-order valence-corrected chi connectivity index (χ4v) is 4.68. The van der Waals surface area contributed by atoms with Crippen molar-refractivity contribution in [3.63, 3.8) is 0 Å². The zero-order valence-electron chi connectivity index (χ0n) is 23.8. The van der Waals surface area contributed by atoms with Crippen LogP contribution in [0.3, 0.4) is 0 Å². The van der Waals surface area contributed by atoms with E-state index in [-0.39, 0.29) is 12.3 Å². The minimum Gasteiger partial charge on any atom is -0.491 e. The van der Waals surface area contributed by atoms with E-state index >= 15 is 0 Å². The average Bonchev–Trinajstić information content (AvgIpc) is 3.30. The molecule has 1 fully saturated rings. The number of fused-ring (bicyclic) bond motifs is 1. The van der Waals surface area contributed by atoms with Crippen molar-refractivity contribution < 1.29 is 19.0 Å². The molecule has 1 unspecified atom stereocenters. The van der Waals surface area contributed by atoms with Gasteiger partial charge < -0.3 is 19.5 Å². The first-order valence-corrected chi connectivity index (χ1v) is 13.9. The first-order valence-electron chi connectivity index (χ1n) is 13.9. The quantitative estimate of drug-likeness (QED) is 0.278. The topological polar surface area (TPSA) is 100 Å². The number of aromatic nitrogens is 4. The predicted molar refractivity (Wildman–Crippen MR) is 154 cm³/mol. The largest absolute Gasteiger partial charge is 0.491 e. The first kappa shape index (κ1) is 27.6. The average molecular weight is 544 g/mol. The lowest BCUT2D eigenvalue weighted by molar-refractivity contribution is -0.0365. The number of ether oxygens (including phenoxy) is 3. The summed E-state index contributed by atoms with van der Waals surface area (Å²) >= 11 is 0. The van der Waals surface area contributed by atoms with Gasteiger partial charge in [0.25, 0.3) is 0 Å². The number of benzene rings is 2. The molecule has 1 N–H and O–H groups in total. The second-order valence-electron chi connectivity index (χ2n) is 11.3. The van der Waals surface area contributed by atoms with Crippen molar-refractivity contribution in [2.24, 2.45) is 0 Å². The molecular weight excluding hydrogens is 506 g/mol. The monoisotopic (exact) mass is 543 g/mol. The Morgan fingerprint density at radius 3 is 2.62 bits per heavy atom. The number of alkyl carbamates (subject to hydrolysis) is 1. The second-order valence-corrected chi connectivity index (χ2v) is 11.3. The van der Waals surface area contributed by atoms with E-state index in [2.05, 4.69) is 10.3 Å². The van der Waals surface area contributed by atoms with Gasteiger partial charge in [0.15, 0.2) is 12.1 Å². The summed E-state index contributed by atoms with van der Waals surface area (Å²) in [5, 5.41) is 8.69. The molecule has 0 aliphatic carbocycles. The lowest BCUT2D eigenvalue weighted by atomic mass is 10.1. The van der Waals surface area contributed by atoms with Crippen molar-refractivity contribution in [1.82, 2.24) is 25.1 Å². The Balaban J connectivity index is 1.43. The third kappa shape index (κ3) is 6.59. The number of hydrogen-bond acceptors (Lipinski definition) is 7. The Morgan fingerprint density at radius 2 is 1.93 bits per heavy atom. The molecule has 210 valence electrons. The number of amides is 1. The Morgan fingerprint density at radius 1 is 1.12 bits per heavy atom. The summed E-state index contributed by atoms with van der Waals surface area (Å²) in [6.07, 6.45) is 4.33. The van der Waals surface area contributed by atoms with Crippen LogP contribution in [0.15, 0.2) is 54.7 Å². The maximum atomic E-state index is 12.0. The molecular formula is C31H37N5O4. The first-order chi connectivity index (χ1) is 19.2. The van der Waals surface area contributed by atoms with Gasteiger partial charge in [-0.25, -0.2) is 19.4 Å². The summed E-state index contributed by atoms with van der Waals surface area (Å²) in [5.74, 6) is 1.31. The smallest absolute Gasteiger partial charge is 0.407 e. The predicted octanol–water partition coefficient (Wildman–Crippen LogP) is 6.67. The molecule has 0 saturated carbocycles. The fourth-order valence-electron chi connectivity index (χ4n) is 4.68. The molecule has 0 radical (unpaired) electrons. The summed E-state index contributed by atoms with van der Waals surface area (Å²) < 4.78 is 19.3. The molecule has 1 saturated heterocycles. The van der Waals surface area contributed by atoms with Crippen LogP contribution in [0.25, 0.3) is 33.7 Å². The molecule has 1 amide bonds. The number of hydrogen-bond donors (Lipinski definition) is 1. The minimum absolute atomic E-state index is 0.0551. The SMILES string of the molecule is CC(C)Oc1ccc2c(c1)c(-c1nccc(-c3ccc(CNC(=O)OC(C)(C)C)cc3)n1)nn2C1CCCCO1. The van der Waals surface area contributed by atoms with Crippen molar-refractivity contribution in [2.45, 2.75) is 78.4 Å². The number of nitrogens with one attached hydrogen (secondary N) is 1. The number of rotatable bonds is 7. The number of carbonyl (C=O) groups is 1. The molecule has 9 nitrogen and oxygen atoms in total. The lowest BCUT2D eigenvalue weighted by Gasteiger charge is -2.23. The lowest BCUT2D eigenvalue weighted by Crippen LogP contribution is -2.32. The highest BCUT2D eigenvalue weighted by Gasteiger charge is 2.23. The number of nitrogens with zero attached hydrogens (tertiary/aromatic N) is 4. The molecule has 0 spiro atoms. The molecule has 9 heteroatoms. The standard InChI is InChI=1S/C31H37N5O4/c1-20(2)39-23-13-14-26-24(18-23)28(35-36(26)27-8-6-7-17-38-27)29-32-16-15-25(34-29)22-11-9-21(10-12-22)19-33-30(37)40-31(3,4)5/h9-16,18,20,27H,6-8,17,19H2,1-5H3,(H,33,37). The van der Waals surface area contributed by atoms with Gasteiger partial charge in [0.05, 0.1) is 17.3 Å². The van der Waals surface area contributed by atoms with Crippen LogP contribution in [0, 0.1) is 0 Å². The van der Waals surface area contributed by atoms with Gasteiger partial charge in [-0.05, 0) is 83.7 Å². The summed E-state index contributed by atoms with van der Waals surface area (Å²) in [7, 11) is 0. The highest BCUT2D eigenvalue weighted by Crippen LogP contribution is 2.34. The van der Waals surface area contributed by atoms with Gasteiger partial charge in [-0.1, -0.05) is 24.3 Å². The van der Waals surface area contributed by atoms with Gasteiger partial charge in [-0.2, -0.15) is 5.10 Å². The Hall–Kier alpha value is -3.98. The van der Waals surface area contributed by atoms with Crippen LogP contribution in [0.2, 0.25) is 0 Å². The highest BCUT2D eigenvalue weighted by atomic mass is 16.6. The van der Waals surface area contributed by atoms with Crippen LogP contribution < -0.4 is 10.1 Å². The normalized spacial score (nSPS) is 15.8. The van der Waals surface area contributed by atoms with Crippen LogP contribution in [0.5, 0.6) is 5.75 Å². The van der Waals surface area contributed by atoms with Crippen molar-refractivity contribution in [3.8, 4) is 28.5 Å².